The van der Waals surface area contributed by atoms with Crippen molar-refractivity contribution >= 4 is 28.4 Å². The molecule has 1 aromatic carbocycles. The van der Waals surface area contributed by atoms with Gasteiger partial charge in [0.1, 0.15) is 0 Å². The highest BCUT2D eigenvalue weighted by molar-refractivity contribution is 6.35. The average molecular weight is 362 g/mol. The van der Waals surface area contributed by atoms with Gasteiger partial charge in [-0.15, -0.1) is 0 Å². The van der Waals surface area contributed by atoms with Gasteiger partial charge in [0.25, 0.3) is 0 Å². The zero-order valence-electron chi connectivity index (χ0n) is 14.6. The third-order valence-electron chi connectivity index (χ3n) is 5.45. The molecule has 1 amide bonds. The Bertz CT molecular complexity index is 782. The highest BCUT2D eigenvalue weighted by Gasteiger charge is 2.27. The van der Waals surface area contributed by atoms with Gasteiger partial charge in [0.2, 0.25) is 5.91 Å². The summed E-state index contributed by atoms with van der Waals surface area (Å²) >= 11 is 6.30. The SMILES string of the molecule is CC(CC(=O)N1CCc2[nH]c3c(Cl)cccc3c2C1)N1CCOCC1. The normalized spacial score (nSPS) is 19.8. The Kier molecular flexibility index (Phi) is 4.71. The molecule has 1 aromatic heterocycles. The number of amides is 1. The lowest BCUT2D eigenvalue weighted by Crippen LogP contribution is -2.45. The number of halogens is 1. The van der Waals surface area contributed by atoms with Gasteiger partial charge in [-0.25, -0.2) is 0 Å². The van der Waals surface area contributed by atoms with E-state index >= 15 is 0 Å². The smallest absolute Gasteiger partial charge is 0.224 e. The maximum Gasteiger partial charge on any atom is 0.224 e. The van der Waals surface area contributed by atoms with E-state index in [0.29, 0.717) is 13.0 Å². The molecule has 2 aliphatic heterocycles. The number of nitrogens with zero attached hydrogens (tertiary/aromatic N) is 2. The van der Waals surface area contributed by atoms with Crippen molar-refractivity contribution in [1.29, 1.82) is 0 Å². The van der Waals surface area contributed by atoms with E-state index in [4.69, 9.17) is 16.3 Å². The fourth-order valence-electron chi connectivity index (χ4n) is 3.94. The van der Waals surface area contributed by atoms with Gasteiger partial charge in [-0.3, -0.25) is 9.69 Å². The number of H-pyrrole nitrogens is 1. The monoisotopic (exact) mass is 361 g/mol. The molecule has 3 heterocycles. The van der Waals surface area contributed by atoms with Crippen LogP contribution in [0.1, 0.15) is 24.6 Å². The number of carbonyl (C=O) groups is 1. The van der Waals surface area contributed by atoms with E-state index in [2.05, 4.69) is 22.9 Å². The Morgan fingerprint density at radius 2 is 2.12 bits per heavy atom. The average Bonchev–Trinajstić information content (AvgIpc) is 3.02. The summed E-state index contributed by atoms with van der Waals surface area (Å²) in [6.07, 6.45) is 1.43. The number of nitrogens with one attached hydrogen (secondary N) is 1. The molecule has 1 saturated heterocycles. The number of ether oxygens (including phenoxy) is 1. The number of rotatable bonds is 3. The number of hydrogen-bond acceptors (Lipinski definition) is 3. The van der Waals surface area contributed by atoms with Crippen LogP contribution in [0.15, 0.2) is 18.2 Å². The summed E-state index contributed by atoms with van der Waals surface area (Å²) in [5.41, 5.74) is 3.43. The molecule has 25 heavy (non-hydrogen) atoms. The summed E-state index contributed by atoms with van der Waals surface area (Å²) in [6.45, 7) is 6.95. The third-order valence-corrected chi connectivity index (χ3v) is 5.77. The van der Waals surface area contributed by atoms with Crippen molar-refractivity contribution in [2.45, 2.75) is 32.4 Å². The summed E-state index contributed by atoms with van der Waals surface area (Å²) in [4.78, 5) is 20.6. The van der Waals surface area contributed by atoms with Gasteiger partial charge in [0.15, 0.2) is 0 Å². The quantitative estimate of drug-likeness (QED) is 0.914. The number of carbonyl (C=O) groups excluding carboxylic acids is 1. The first-order valence-corrected chi connectivity index (χ1v) is 9.39. The van der Waals surface area contributed by atoms with E-state index in [1.807, 2.05) is 17.0 Å². The van der Waals surface area contributed by atoms with Gasteiger partial charge in [-0.1, -0.05) is 23.7 Å². The van der Waals surface area contributed by atoms with Crippen LogP contribution in [-0.2, 0) is 22.5 Å². The van der Waals surface area contributed by atoms with Gasteiger partial charge in [-0.2, -0.15) is 0 Å². The Balaban J connectivity index is 1.47. The van der Waals surface area contributed by atoms with Gasteiger partial charge in [-0.05, 0) is 13.0 Å². The lowest BCUT2D eigenvalue weighted by atomic mass is 10.0. The molecule has 0 aliphatic carbocycles. The Labute approximate surface area is 152 Å². The molecular formula is C19H24ClN3O2. The van der Waals surface area contributed by atoms with E-state index in [1.54, 1.807) is 0 Å². The van der Waals surface area contributed by atoms with Crippen molar-refractivity contribution in [1.82, 2.24) is 14.8 Å². The van der Waals surface area contributed by atoms with Crippen LogP contribution in [0.2, 0.25) is 5.02 Å². The molecule has 1 N–H and O–H groups in total. The molecule has 6 heteroatoms. The molecule has 1 fully saturated rings. The molecule has 0 bridgehead atoms. The summed E-state index contributed by atoms with van der Waals surface area (Å²) in [6, 6.07) is 6.22. The van der Waals surface area contributed by atoms with Gasteiger partial charge in [0, 0.05) is 61.7 Å². The molecule has 4 rings (SSSR count). The molecule has 0 spiro atoms. The number of aromatic amines is 1. The van der Waals surface area contributed by atoms with Gasteiger partial charge < -0.3 is 14.6 Å². The van der Waals surface area contributed by atoms with Crippen LogP contribution in [0.4, 0.5) is 0 Å². The first-order chi connectivity index (χ1) is 12.1. The zero-order valence-corrected chi connectivity index (χ0v) is 15.3. The van der Waals surface area contributed by atoms with Crippen molar-refractivity contribution in [3.8, 4) is 0 Å². The fraction of sp³-hybridized carbons (Fsp3) is 0.526. The highest BCUT2D eigenvalue weighted by atomic mass is 35.5. The van der Waals surface area contributed by atoms with E-state index in [1.165, 1.54) is 11.3 Å². The molecule has 134 valence electrons. The fourth-order valence-corrected chi connectivity index (χ4v) is 4.17. The van der Waals surface area contributed by atoms with Crippen molar-refractivity contribution in [2.24, 2.45) is 0 Å². The minimum atomic E-state index is 0.237. The van der Waals surface area contributed by atoms with E-state index < -0.39 is 0 Å². The topological polar surface area (TPSA) is 48.6 Å². The molecule has 2 aliphatic rings. The van der Waals surface area contributed by atoms with Crippen LogP contribution < -0.4 is 0 Å². The number of aromatic nitrogens is 1. The summed E-state index contributed by atoms with van der Waals surface area (Å²) < 4.78 is 5.40. The Hall–Kier alpha value is -1.56. The standard InChI is InChI=1S/C19H24ClN3O2/c1-13(22-7-9-25-10-8-22)11-18(24)23-6-5-17-15(12-23)14-3-2-4-16(20)19(14)21-17/h2-4,13,21H,5-12H2,1H3. The second-order valence-corrected chi connectivity index (χ2v) is 7.42. The maximum absolute atomic E-state index is 12.8. The van der Waals surface area contributed by atoms with Crippen LogP contribution in [0, 0.1) is 0 Å². The molecular weight excluding hydrogens is 338 g/mol. The molecule has 0 saturated carbocycles. The van der Waals surface area contributed by atoms with Crippen LogP contribution in [-0.4, -0.2) is 59.6 Å². The number of hydrogen-bond donors (Lipinski definition) is 1. The highest BCUT2D eigenvalue weighted by Crippen LogP contribution is 2.31. The first-order valence-electron chi connectivity index (χ1n) is 9.01. The van der Waals surface area contributed by atoms with Crippen LogP contribution in [0.5, 0.6) is 0 Å². The zero-order chi connectivity index (χ0) is 17.4. The second kappa shape index (κ2) is 6.98. The minimum absolute atomic E-state index is 0.237. The van der Waals surface area contributed by atoms with E-state index in [-0.39, 0.29) is 11.9 Å². The summed E-state index contributed by atoms with van der Waals surface area (Å²) in [7, 11) is 0. The maximum atomic E-state index is 12.8. The molecule has 1 atom stereocenters. The predicted octanol–water partition coefficient (Wildman–Crippen LogP) is 2.82. The van der Waals surface area contributed by atoms with E-state index in [0.717, 1.165) is 55.2 Å². The summed E-state index contributed by atoms with van der Waals surface area (Å²) in [5, 5.41) is 1.88. The lowest BCUT2D eigenvalue weighted by Gasteiger charge is -2.34. The third kappa shape index (κ3) is 3.28. The minimum Gasteiger partial charge on any atom is -0.379 e. The Morgan fingerprint density at radius 1 is 1.32 bits per heavy atom. The van der Waals surface area contributed by atoms with E-state index in [9.17, 15) is 4.79 Å². The van der Waals surface area contributed by atoms with Crippen molar-refractivity contribution in [3.05, 3.63) is 34.5 Å². The first kappa shape index (κ1) is 16.9. The summed E-state index contributed by atoms with van der Waals surface area (Å²) in [5.74, 6) is 0.237. The molecule has 1 unspecified atom stereocenters. The molecule has 2 aromatic rings. The van der Waals surface area contributed by atoms with Gasteiger partial charge >= 0.3 is 0 Å². The van der Waals surface area contributed by atoms with Crippen LogP contribution in [0.3, 0.4) is 0 Å². The largest absolute Gasteiger partial charge is 0.379 e. The number of fused-ring (bicyclic) bond motifs is 3. The Morgan fingerprint density at radius 3 is 2.92 bits per heavy atom. The van der Waals surface area contributed by atoms with Crippen molar-refractivity contribution in [2.75, 3.05) is 32.8 Å². The van der Waals surface area contributed by atoms with Crippen LogP contribution >= 0.6 is 11.6 Å². The molecule has 5 nitrogen and oxygen atoms in total. The molecule has 0 radical (unpaired) electrons. The van der Waals surface area contributed by atoms with Crippen molar-refractivity contribution < 1.29 is 9.53 Å². The van der Waals surface area contributed by atoms with Gasteiger partial charge in [0.05, 0.1) is 23.8 Å². The predicted molar refractivity (Wildman–Crippen MR) is 98.9 cm³/mol. The van der Waals surface area contributed by atoms with Crippen molar-refractivity contribution in [3.63, 3.8) is 0 Å². The lowest BCUT2D eigenvalue weighted by molar-refractivity contribution is -0.133. The van der Waals surface area contributed by atoms with Crippen LogP contribution in [0.25, 0.3) is 10.9 Å². The number of para-hydroxylation sites is 1. The second-order valence-electron chi connectivity index (χ2n) is 7.01. The number of benzene rings is 1. The number of morpholine rings is 1.